The Labute approximate surface area is 79.6 Å². The number of ether oxygens (including phenoxy) is 1. The first kappa shape index (κ1) is 9.22. The Morgan fingerprint density at radius 1 is 1.31 bits per heavy atom. The van der Waals surface area contributed by atoms with E-state index < -0.39 is 0 Å². The van der Waals surface area contributed by atoms with E-state index in [1.54, 1.807) is 12.7 Å². The minimum atomic E-state index is -0.116. The molecule has 2 heteroatoms. The molecule has 2 aliphatic carbocycles. The molecule has 1 N–H and O–H groups in total. The number of aliphatic hydroxyl groups is 1. The molecule has 0 aromatic rings. The molecule has 2 rings (SSSR count). The van der Waals surface area contributed by atoms with E-state index in [1.807, 2.05) is 0 Å². The van der Waals surface area contributed by atoms with Crippen molar-refractivity contribution in [1.82, 2.24) is 0 Å². The van der Waals surface area contributed by atoms with Crippen LogP contribution in [0.3, 0.4) is 0 Å². The molecule has 2 aliphatic rings. The van der Waals surface area contributed by atoms with E-state index in [1.165, 1.54) is 18.4 Å². The molecule has 0 aromatic heterocycles. The Bertz CT molecular complexity index is 220. The molecule has 0 aromatic carbocycles. The Morgan fingerprint density at radius 2 is 2.15 bits per heavy atom. The zero-order valence-corrected chi connectivity index (χ0v) is 8.25. The lowest BCUT2D eigenvalue weighted by Crippen LogP contribution is -2.27. The molecule has 2 unspecified atom stereocenters. The predicted molar refractivity (Wildman–Crippen MR) is 51.5 cm³/mol. The lowest BCUT2D eigenvalue weighted by atomic mass is 9.79. The van der Waals surface area contributed by atoms with Crippen LogP contribution in [0.2, 0.25) is 0 Å². The Morgan fingerprint density at radius 3 is 2.92 bits per heavy atom. The van der Waals surface area contributed by atoms with Crippen molar-refractivity contribution in [2.75, 3.05) is 7.11 Å². The van der Waals surface area contributed by atoms with Gasteiger partial charge in [-0.1, -0.05) is 5.57 Å². The molecule has 0 fully saturated rings. The Hall–Kier alpha value is -0.340. The molecule has 2 nitrogen and oxygen atoms in total. The average Bonchev–Trinajstić information content (AvgIpc) is 2.17. The highest BCUT2D eigenvalue weighted by Crippen LogP contribution is 2.36. The molecule has 0 radical (unpaired) electrons. The van der Waals surface area contributed by atoms with Gasteiger partial charge in [-0.05, 0) is 44.1 Å². The van der Waals surface area contributed by atoms with Gasteiger partial charge in [0.2, 0.25) is 0 Å². The van der Waals surface area contributed by atoms with Gasteiger partial charge in [0.1, 0.15) is 0 Å². The molecule has 2 atom stereocenters. The van der Waals surface area contributed by atoms with Crippen molar-refractivity contribution in [3.05, 3.63) is 11.1 Å². The van der Waals surface area contributed by atoms with Gasteiger partial charge in [0.25, 0.3) is 0 Å². The van der Waals surface area contributed by atoms with Crippen molar-refractivity contribution in [3.63, 3.8) is 0 Å². The van der Waals surface area contributed by atoms with Crippen LogP contribution in [0.25, 0.3) is 0 Å². The van der Waals surface area contributed by atoms with Crippen LogP contribution in [0, 0.1) is 0 Å². The number of allylic oxidation sites excluding steroid dienone is 1. The largest absolute Gasteiger partial charge is 0.393 e. The summed E-state index contributed by atoms with van der Waals surface area (Å²) < 4.78 is 5.44. The van der Waals surface area contributed by atoms with Crippen LogP contribution in [-0.4, -0.2) is 24.4 Å². The number of hydrogen-bond acceptors (Lipinski definition) is 2. The van der Waals surface area contributed by atoms with Crippen LogP contribution >= 0.6 is 0 Å². The second kappa shape index (κ2) is 3.81. The summed E-state index contributed by atoms with van der Waals surface area (Å²) in [5, 5.41) is 9.57. The van der Waals surface area contributed by atoms with Crippen molar-refractivity contribution in [3.8, 4) is 0 Å². The van der Waals surface area contributed by atoms with Gasteiger partial charge in [0.05, 0.1) is 12.2 Å². The van der Waals surface area contributed by atoms with Gasteiger partial charge in [-0.2, -0.15) is 0 Å². The Balaban J connectivity index is 2.18. The van der Waals surface area contributed by atoms with Crippen molar-refractivity contribution in [1.29, 1.82) is 0 Å². The number of aliphatic hydroxyl groups excluding tert-OH is 1. The summed E-state index contributed by atoms with van der Waals surface area (Å²) in [5.41, 5.74) is 2.98. The number of hydrogen-bond donors (Lipinski definition) is 1. The lowest BCUT2D eigenvalue weighted by Gasteiger charge is -2.33. The van der Waals surface area contributed by atoms with E-state index in [0.29, 0.717) is 6.10 Å². The summed E-state index contributed by atoms with van der Waals surface area (Å²) in [6.45, 7) is 0. The molecule has 74 valence electrons. The molecule has 0 bridgehead atoms. The average molecular weight is 182 g/mol. The fourth-order valence-corrected chi connectivity index (χ4v) is 2.58. The zero-order valence-electron chi connectivity index (χ0n) is 8.25. The first-order valence-electron chi connectivity index (χ1n) is 5.23. The molecule has 0 saturated heterocycles. The third kappa shape index (κ3) is 1.79. The highest BCUT2D eigenvalue weighted by atomic mass is 16.5. The molecule has 0 saturated carbocycles. The van der Waals surface area contributed by atoms with E-state index >= 15 is 0 Å². The molecule has 0 aliphatic heterocycles. The first-order chi connectivity index (χ1) is 6.31. The van der Waals surface area contributed by atoms with Gasteiger partial charge < -0.3 is 9.84 Å². The van der Waals surface area contributed by atoms with Crippen LogP contribution in [0.5, 0.6) is 0 Å². The highest BCUT2D eigenvalue weighted by molar-refractivity contribution is 5.24. The van der Waals surface area contributed by atoms with Gasteiger partial charge in [-0.3, -0.25) is 0 Å². The van der Waals surface area contributed by atoms with Crippen molar-refractivity contribution >= 4 is 0 Å². The Kier molecular flexibility index (Phi) is 2.70. The van der Waals surface area contributed by atoms with Crippen LogP contribution in [0.1, 0.15) is 38.5 Å². The van der Waals surface area contributed by atoms with E-state index in [4.69, 9.17) is 4.74 Å². The third-order valence-corrected chi connectivity index (χ3v) is 3.31. The summed E-state index contributed by atoms with van der Waals surface area (Å²) in [5.74, 6) is 0. The quantitative estimate of drug-likeness (QED) is 0.629. The van der Waals surface area contributed by atoms with Crippen LogP contribution in [0.15, 0.2) is 11.1 Å². The van der Waals surface area contributed by atoms with Crippen molar-refractivity contribution in [2.24, 2.45) is 0 Å². The maximum absolute atomic E-state index is 9.57. The minimum absolute atomic E-state index is 0.116. The summed E-state index contributed by atoms with van der Waals surface area (Å²) in [4.78, 5) is 0. The van der Waals surface area contributed by atoms with Gasteiger partial charge in [-0.25, -0.2) is 0 Å². The first-order valence-corrected chi connectivity index (χ1v) is 5.23. The second-order valence-corrected chi connectivity index (χ2v) is 4.14. The summed E-state index contributed by atoms with van der Waals surface area (Å²) in [6.07, 6.45) is 6.73. The summed E-state index contributed by atoms with van der Waals surface area (Å²) in [6, 6.07) is 0. The fourth-order valence-electron chi connectivity index (χ4n) is 2.58. The van der Waals surface area contributed by atoms with E-state index in [-0.39, 0.29) is 6.10 Å². The second-order valence-electron chi connectivity index (χ2n) is 4.14. The SMILES string of the molecule is COC1CCCC2=C1CC(O)CC2. The van der Waals surface area contributed by atoms with Gasteiger partial charge in [-0.15, -0.1) is 0 Å². The molecule has 0 spiro atoms. The lowest BCUT2D eigenvalue weighted by molar-refractivity contribution is 0.0892. The molecule has 0 amide bonds. The highest BCUT2D eigenvalue weighted by Gasteiger charge is 2.27. The molecule has 13 heavy (non-hydrogen) atoms. The third-order valence-electron chi connectivity index (χ3n) is 3.31. The minimum Gasteiger partial charge on any atom is -0.393 e. The topological polar surface area (TPSA) is 29.5 Å². The molecular weight excluding hydrogens is 164 g/mol. The van der Waals surface area contributed by atoms with Gasteiger partial charge in [0.15, 0.2) is 0 Å². The van der Waals surface area contributed by atoms with Gasteiger partial charge in [0, 0.05) is 7.11 Å². The number of methoxy groups -OCH3 is 1. The normalized spacial score (nSPS) is 34.6. The maximum Gasteiger partial charge on any atom is 0.0784 e. The van der Waals surface area contributed by atoms with Crippen LogP contribution < -0.4 is 0 Å². The van der Waals surface area contributed by atoms with Crippen LogP contribution in [0.4, 0.5) is 0 Å². The van der Waals surface area contributed by atoms with E-state index in [9.17, 15) is 5.11 Å². The molecular formula is C11H18O2. The molecule has 0 heterocycles. The smallest absolute Gasteiger partial charge is 0.0784 e. The predicted octanol–water partition coefficient (Wildman–Crippen LogP) is 2.03. The van der Waals surface area contributed by atoms with E-state index in [0.717, 1.165) is 25.7 Å². The van der Waals surface area contributed by atoms with Crippen molar-refractivity contribution in [2.45, 2.75) is 50.7 Å². The standard InChI is InChI=1S/C11H18O2/c1-13-11-4-2-3-8-5-6-9(12)7-10(8)11/h9,11-12H,2-7H2,1H3. The monoisotopic (exact) mass is 182 g/mol. The maximum atomic E-state index is 9.57. The van der Waals surface area contributed by atoms with Gasteiger partial charge >= 0.3 is 0 Å². The summed E-state index contributed by atoms with van der Waals surface area (Å²) in [7, 11) is 1.78. The summed E-state index contributed by atoms with van der Waals surface area (Å²) >= 11 is 0. The van der Waals surface area contributed by atoms with Crippen LogP contribution in [-0.2, 0) is 4.74 Å². The number of rotatable bonds is 1. The fraction of sp³-hybridized carbons (Fsp3) is 0.818. The zero-order chi connectivity index (χ0) is 9.26. The van der Waals surface area contributed by atoms with Crippen molar-refractivity contribution < 1.29 is 9.84 Å². The van der Waals surface area contributed by atoms with E-state index in [2.05, 4.69) is 0 Å².